The summed E-state index contributed by atoms with van der Waals surface area (Å²) in [5, 5.41) is 3.38. The van der Waals surface area contributed by atoms with E-state index in [9.17, 15) is 9.59 Å². The number of rotatable bonds is 5. The van der Waals surface area contributed by atoms with Crippen LogP contribution in [0.1, 0.15) is 35.3 Å². The lowest BCUT2D eigenvalue weighted by atomic mass is 10.1. The van der Waals surface area contributed by atoms with E-state index in [0.717, 1.165) is 38.0 Å². The van der Waals surface area contributed by atoms with Crippen LogP contribution in [0.3, 0.4) is 0 Å². The van der Waals surface area contributed by atoms with Crippen molar-refractivity contribution in [2.45, 2.75) is 31.8 Å². The summed E-state index contributed by atoms with van der Waals surface area (Å²) in [5.41, 5.74) is 1.07. The SMILES string of the molecule is O=C(c1ccc(-c2ccco2)[nH]c1=O)N(Cc1ccccn1)C1CCCNCC1. The van der Waals surface area contributed by atoms with Gasteiger partial charge in [0.2, 0.25) is 0 Å². The number of carbonyl (C=O) groups is 1. The third-order valence-corrected chi connectivity index (χ3v) is 5.23. The highest BCUT2D eigenvalue weighted by molar-refractivity contribution is 5.94. The Kier molecular flexibility index (Phi) is 5.86. The van der Waals surface area contributed by atoms with Crippen LogP contribution in [0.4, 0.5) is 0 Å². The Bertz CT molecular complexity index is 990. The summed E-state index contributed by atoms with van der Waals surface area (Å²) in [6, 6.07) is 12.5. The van der Waals surface area contributed by atoms with Crippen molar-refractivity contribution in [1.82, 2.24) is 20.2 Å². The largest absolute Gasteiger partial charge is 0.463 e. The number of carbonyl (C=O) groups excluding carboxylic acids is 1. The molecule has 0 radical (unpaired) electrons. The van der Waals surface area contributed by atoms with E-state index in [1.807, 2.05) is 18.2 Å². The number of H-pyrrole nitrogens is 1. The van der Waals surface area contributed by atoms with E-state index in [4.69, 9.17) is 4.42 Å². The topological polar surface area (TPSA) is 91.2 Å². The molecule has 0 saturated carbocycles. The van der Waals surface area contributed by atoms with Gasteiger partial charge in [-0.2, -0.15) is 0 Å². The molecule has 1 atom stereocenters. The Morgan fingerprint density at radius 3 is 2.83 bits per heavy atom. The van der Waals surface area contributed by atoms with Crippen molar-refractivity contribution in [3.63, 3.8) is 0 Å². The van der Waals surface area contributed by atoms with E-state index in [0.29, 0.717) is 18.0 Å². The molecule has 0 spiro atoms. The maximum absolute atomic E-state index is 13.4. The molecule has 150 valence electrons. The molecule has 7 nitrogen and oxygen atoms in total. The van der Waals surface area contributed by atoms with E-state index >= 15 is 0 Å². The molecule has 3 aromatic rings. The molecular weight excluding hydrogens is 368 g/mol. The van der Waals surface area contributed by atoms with Crippen LogP contribution < -0.4 is 10.9 Å². The Labute approximate surface area is 168 Å². The van der Waals surface area contributed by atoms with Gasteiger partial charge in [0.25, 0.3) is 11.5 Å². The van der Waals surface area contributed by atoms with Crippen LogP contribution in [-0.4, -0.2) is 39.9 Å². The predicted molar refractivity (Wildman–Crippen MR) is 109 cm³/mol. The highest BCUT2D eigenvalue weighted by atomic mass is 16.3. The number of furan rings is 1. The standard InChI is InChI=1S/C22H24N4O3/c27-21-18(8-9-19(25-21)20-7-4-14-29-20)22(28)26(15-16-5-1-2-12-24-16)17-6-3-11-23-13-10-17/h1-2,4-5,7-9,12,14,17,23H,3,6,10-11,13,15H2,(H,25,27). The first-order valence-corrected chi connectivity index (χ1v) is 9.91. The molecule has 0 aliphatic carbocycles. The summed E-state index contributed by atoms with van der Waals surface area (Å²) in [4.78, 5) is 35.1. The molecule has 0 bridgehead atoms. The van der Waals surface area contributed by atoms with Crippen molar-refractivity contribution in [2.75, 3.05) is 13.1 Å². The van der Waals surface area contributed by atoms with Gasteiger partial charge in [-0.15, -0.1) is 0 Å². The summed E-state index contributed by atoms with van der Waals surface area (Å²) in [6.07, 6.45) is 6.00. The normalized spacial score (nSPS) is 16.9. The monoisotopic (exact) mass is 392 g/mol. The van der Waals surface area contributed by atoms with Crippen LogP contribution in [-0.2, 0) is 6.54 Å². The van der Waals surface area contributed by atoms with Crippen molar-refractivity contribution in [3.05, 3.63) is 76.5 Å². The van der Waals surface area contributed by atoms with Gasteiger partial charge < -0.3 is 19.6 Å². The maximum Gasteiger partial charge on any atom is 0.261 e. The summed E-state index contributed by atoms with van der Waals surface area (Å²) >= 11 is 0. The zero-order valence-corrected chi connectivity index (χ0v) is 16.1. The molecule has 1 unspecified atom stereocenters. The van der Waals surface area contributed by atoms with Crippen LogP contribution in [0.2, 0.25) is 0 Å². The molecule has 4 heterocycles. The molecular formula is C22H24N4O3. The fraction of sp³-hybridized carbons (Fsp3) is 0.318. The van der Waals surface area contributed by atoms with Crippen LogP contribution in [0.5, 0.6) is 0 Å². The van der Waals surface area contributed by atoms with Gasteiger partial charge in [-0.3, -0.25) is 14.6 Å². The molecule has 4 rings (SSSR count). The third kappa shape index (κ3) is 4.46. The Morgan fingerprint density at radius 2 is 2.07 bits per heavy atom. The van der Waals surface area contributed by atoms with Crippen molar-refractivity contribution >= 4 is 5.91 Å². The zero-order chi connectivity index (χ0) is 20.1. The third-order valence-electron chi connectivity index (χ3n) is 5.23. The molecule has 29 heavy (non-hydrogen) atoms. The molecule has 2 N–H and O–H groups in total. The second-order valence-electron chi connectivity index (χ2n) is 7.18. The molecule has 1 amide bonds. The van der Waals surface area contributed by atoms with Gasteiger partial charge in [0.1, 0.15) is 11.3 Å². The minimum atomic E-state index is -0.415. The maximum atomic E-state index is 13.4. The second-order valence-corrected chi connectivity index (χ2v) is 7.18. The van der Waals surface area contributed by atoms with Gasteiger partial charge in [-0.1, -0.05) is 6.07 Å². The van der Waals surface area contributed by atoms with Crippen molar-refractivity contribution < 1.29 is 9.21 Å². The summed E-state index contributed by atoms with van der Waals surface area (Å²) in [5.74, 6) is 0.288. The first-order valence-electron chi connectivity index (χ1n) is 9.91. The van der Waals surface area contributed by atoms with E-state index in [1.54, 1.807) is 41.6 Å². The van der Waals surface area contributed by atoms with Crippen LogP contribution in [0.15, 0.2) is 64.1 Å². The average Bonchev–Trinajstić information content (AvgIpc) is 3.15. The first-order chi connectivity index (χ1) is 14.2. The lowest BCUT2D eigenvalue weighted by Crippen LogP contribution is -2.42. The number of hydrogen-bond acceptors (Lipinski definition) is 5. The Morgan fingerprint density at radius 1 is 1.14 bits per heavy atom. The van der Waals surface area contributed by atoms with E-state index in [2.05, 4.69) is 15.3 Å². The number of nitrogens with one attached hydrogen (secondary N) is 2. The summed E-state index contributed by atoms with van der Waals surface area (Å²) in [7, 11) is 0. The number of pyridine rings is 2. The van der Waals surface area contributed by atoms with Gasteiger partial charge in [0.05, 0.1) is 24.2 Å². The molecule has 1 saturated heterocycles. The molecule has 1 aliphatic heterocycles. The van der Waals surface area contributed by atoms with Gasteiger partial charge in [0.15, 0.2) is 0 Å². The Hall–Kier alpha value is -3.19. The zero-order valence-electron chi connectivity index (χ0n) is 16.1. The van der Waals surface area contributed by atoms with E-state index in [-0.39, 0.29) is 17.5 Å². The van der Waals surface area contributed by atoms with E-state index < -0.39 is 5.56 Å². The van der Waals surface area contributed by atoms with Gasteiger partial charge in [-0.25, -0.2) is 0 Å². The van der Waals surface area contributed by atoms with Crippen molar-refractivity contribution in [1.29, 1.82) is 0 Å². The number of hydrogen-bond donors (Lipinski definition) is 2. The lowest BCUT2D eigenvalue weighted by Gasteiger charge is -2.31. The minimum Gasteiger partial charge on any atom is -0.463 e. The number of aromatic amines is 1. The lowest BCUT2D eigenvalue weighted by molar-refractivity contribution is 0.0640. The molecule has 3 aromatic heterocycles. The fourth-order valence-corrected chi connectivity index (χ4v) is 3.72. The minimum absolute atomic E-state index is 0.0589. The van der Waals surface area contributed by atoms with Crippen LogP contribution >= 0.6 is 0 Å². The van der Waals surface area contributed by atoms with Crippen molar-refractivity contribution in [2.24, 2.45) is 0 Å². The van der Waals surface area contributed by atoms with Crippen LogP contribution in [0, 0.1) is 0 Å². The Balaban J connectivity index is 1.64. The quantitative estimate of drug-likeness (QED) is 0.697. The molecule has 7 heteroatoms. The number of nitrogens with zero attached hydrogens (tertiary/aromatic N) is 2. The average molecular weight is 392 g/mol. The van der Waals surface area contributed by atoms with E-state index in [1.165, 1.54) is 0 Å². The molecule has 0 aromatic carbocycles. The summed E-state index contributed by atoms with van der Waals surface area (Å²) < 4.78 is 5.33. The summed E-state index contributed by atoms with van der Waals surface area (Å²) in [6.45, 7) is 2.18. The molecule has 1 aliphatic rings. The smallest absolute Gasteiger partial charge is 0.261 e. The highest BCUT2D eigenvalue weighted by Gasteiger charge is 2.27. The van der Waals surface area contributed by atoms with Crippen LogP contribution in [0.25, 0.3) is 11.5 Å². The van der Waals surface area contributed by atoms with Gasteiger partial charge >= 0.3 is 0 Å². The van der Waals surface area contributed by atoms with Gasteiger partial charge in [-0.05, 0) is 68.8 Å². The number of aromatic nitrogens is 2. The fourth-order valence-electron chi connectivity index (χ4n) is 3.72. The second kappa shape index (κ2) is 8.87. The predicted octanol–water partition coefficient (Wildman–Crippen LogP) is 2.81. The highest BCUT2D eigenvalue weighted by Crippen LogP contribution is 2.20. The first kappa shape index (κ1) is 19.1. The molecule has 1 fully saturated rings. The number of amides is 1. The van der Waals surface area contributed by atoms with Gasteiger partial charge in [0, 0.05) is 12.2 Å². The van der Waals surface area contributed by atoms with Crippen molar-refractivity contribution in [3.8, 4) is 11.5 Å².